The minimum atomic E-state index is 0.0604. The Morgan fingerprint density at radius 1 is 1.38 bits per heavy atom. The fourth-order valence-electron chi connectivity index (χ4n) is 1.54. The van der Waals surface area contributed by atoms with E-state index >= 15 is 0 Å². The van der Waals surface area contributed by atoms with Crippen molar-refractivity contribution in [3.63, 3.8) is 0 Å². The topological polar surface area (TPSA) is 20.3 Å². The van der Waals surface area contributed by atoms with Gasteiger partial charge >= 0.3 is 0 Å². The van der Waals surface area contributed by atoms with E-state index in [-0.39, 0.29) is 11.7 Å². The molecule has 1 aliphatic rings. The summed E-state index contributed by atoms with van der Waals surface area (Å²) in [5.41, 5.74) is 1.18. The van der Waals surface area contributed by atoms with Gasteiger partial charge < -0.3 is 4.90 Å². The first-order valence-corrected chi connectivity index (χ1v) is 6.17. The summed E-state index contributed by atoms with van der Waals surface area (Å²) in [6.45, 7) is 3.85. The molecule has 0 N–H and O–H groups in total. The fourth-order valence-corrected chi connectivity index (χ4v) is 2.63. The lowest BCUT2D eigenvalue weighted by Crippen LogP contribution is -2.12. The second-order valence-corrected chi connectivity index (χ2v) is 5.23. The van der Waals surface area contributed by atoms with Gasteiger partial charge in [0.1, 0.15) is 0 Å². The number of para-hydroxylation sites is 1. The molecule has 84 valence electrons. The summed E-state index contributed by atoms with van der Waals surface area (Å²) in [6, 6.07) is 8.19. The number of thioether (sulfide) groups is 1. The summed E-state index contributed by atoms with van der Waals surface area (Å²) in [5, 5.41) is 1.01. The van der Waals surface area contributed by atoms with Crippen molar-refractivity contribution in [3.05, 3.63) is 35.4 Å². The van der Waals surface area contributed by atoms with Gasteiger partial charge in [-0.25, -0.2) is 0 Å². The number of carbonyl (C=O) groups is 1. The summed E-state index contributed by atoms with van der Waals surface area (Å²) in [6.07, 6.45) is 1.75. The molecule has 1 aromatic rings. The predicted octanol–water partition coefficient (Wildman–Crippen LogP) is 3.30. The number of hydrogen-bond acceptors (Lipinski definition) is 3. The molecule has 3 heteroatoms. The van der Waals surface area contributed by atoms with E-state index in [2.05, 4.69) is 17.0 Å². The maximum atomic E-state index is 11.7. The standard InChI is InChI=1S/C13H15NOS/c1-9(2)11(15)8-13-14(3)10-6-4-5-7-12(10)16-13/h4-9H,1-3H3/b13-8-. The van der Waals surface area contributed by atoms with Crippen molar-refractivity contribution in [2.24, 2.45) is 5.92 Å². The Morgan fingerprint density at radius 2 is 2.06 bits per heavy atom. The molecule has 0 spiro atoms. The van der Waals surface area contributed by atoms with Gasteiger partial charge in [-0.05, 0) is 12.1 Å². The molecule has 0 aliphatic carbocycles. The fraction of sp³-hybridized carbons (Fsp3) is 0.308. The maximum absolute atomic E-state index is 11.7. The van der Waals surface area contributed by atoms with Crippen LogP contribution in [0.4, 0.5) is 5.69 Å². The van der Waals surface area contributed by atoms with Crippen LogP contribution >= 0.6 is 11.8 Å². The SMILES string of the molecule is CC(C)C(=O)/C=C1\Sc2ccccc2N1C. The van der Waals surface area contributed by atoms with Crippen molar-refractivity contribution in [1.29, 1.82) is 0 Å². The van der Waals surface area contributed by atoms with Gasteiger partial charge in [0.05, 0.1) is 10.7 Å². The van der Waals surface area contributed by atoms with E-state index in [9.17, 15) is 4.79 Å². The largest absolute Gasteiger partial charge is 0.338 e. The van der Waals surface area contributed by atoms with Crippen molar-refractivity contribution >= 4 is 23.2 Å². The van der Waals surface area contributed by atoms with Gasteiger partial charge in [0.15, 0.2) is 5.78 Å². The van der Waals surface area contributed by atoms with Gasteiger partial charge in [-0.2, -0.15) is 0 Å². The van der Waals surface area contributed by atoms with Crippen LogP contribution in [0.2, 0.25) is 0 Å². The Kier molecular flexibility index (Phi) is 3.06. The predicted molar refractivity (Wildman–Crippen MR) is 68.6 cm³/mol. The minimum absolute atomic E-state index is 0.0604. The van der Waals surface area contributed by atoms with E-state index < -0.39 is 0 Å². The van der Waals surface area contributed by atoms with Crippen molar-refractivity contribution in [2.45, 2.75) is 18.7 Å². The van der Waals surface area contributed by atoms with Gasteiger partial charge in [0.25, 0.3) is 0 Å². The number of rotatable bonds is 2. The third-order valence-corrected chi connectivity index (χ3v) is 3.77. The zero-order valence-corrected chi connectivity index (χ0v) is 10.5. The van der Waals surface area contributed by atoms with E-state index in [1.165, 1.54) is 10.6 Å². The van der Waals surface area contributed by atoms with Crippen LogP contribution in [0.25, 0.3) is 0 Å². The lowest BCUT2D eigenvalue weighted by atomic mass is 10.1. The summed E-state index contributed by atoms with van der Waals surface area (Å²) in [7, 11) is 2.00. The number of fused-ring (bicyclic) bond motifs is 1. The van der Waals surface area contributed by atoms with Gasteiger partial charge in [0, 0.05) is 23.9 Å². The molecule has 0 saturated heterocycles. The number of ketones is 1. The van der Waals surface area contributed by atoms with Crippen LogP contribution in [-0.2, 0) is 4.79 Å². The Morgan fingerprint density at radius 3 is 2.69 bits per heavy atom. The molecule has 0 unspecified atom stereocenters. The Hall–Kier alpha value is -1.22. The number of carbonyl (C=O) groups excluding carboxylic acids is 1. The molecule has 2 nitrogen and oxygen atoms in total. The first kappa shape index (κ1) is 11.3. The first-order valence-electron chi connectivity index (χ1n) is 5.35. The number of anilines is 1. The Bertz CT molecular complexity index is 451. The molecule has 1 heterocycles. The minimum Gasteiger partial charge on any atom is -0.338 e. The van der Waals surface area contributed by atoms with E-state index in [0.717, 1.165) is 5.03 Å². The van der Waals surface area contributed by atoms with Crippen molar-refractivity contribution in [2.75, 3.05) is 11.9 Å². The maximum Gasteiger partial charge on any atom is 0.160 e. The highest BCUT2D eigenvalue weighted by atomic mass is 32.2. The van der Waals surface area contributed by atoms with Crippen LogP contribution in [0.1, 0.15) is 13.8 Å². The van der Waals surface area contributed by atoms with E-state index in [1.807, 2.05) is 33.0 Å². The molecule has 1 aromatic carbocycles. The van der Waals surface area contributed by atoms with Crippen molar-refractivity contribution in [1.82, 2.24) is 0 Å². The van der Waals surface area contributed by atoms with Crippen LogP contribution in [-0.4, -0.2) is 12.8 Å². The average molecular weight is 233 g/mol. The molecular weight excluding hydrogens is 218 g/mol. The van der Waals surface area contributed by atoms with Crippen LogP contribution in [0.15, 0.2) is 40.3 Å². The molecule has 0 amide bonds. The molecule has 0 atom stereocenters. The number of hydrogen-bond donors (Lipinski definition) is 0. The van der Waals surface area contributed by atoms with Gasteiger partial charge in [-0.15, -0.1) is 0 Å². The van der Waals surface area contributed by atoms with Gasteiger partial charge in [-0.1, -0.05) is 37.7 Å². The second kappa shape index (κ2) is 4.34. The lowest BCUT2D eigenvalue weighted by Gasteiger charge is -2.13. The zero-order chi connectivity index (χ0) is 11.7. The zero-order valence-electron chi connectivity index (χ0n) is 9.73. The van der Waals surface area contributed by atoms with Crippen LogP contribution in [0.3, 0.4) is 0 Å². The molecule has 0 aromatic heterocycles. The molecular formula is C13H15NOS. The van der Waals surface area contributed by atoms with Gasteiger partial charge in [0.2, 0.25) is 0 Å². The Balaban J connectivity index is 2.28. The van der Waals surface area contributed by atoms with E-state index in [4.69, 9.17) is 0 Å². The molecule has 0 fully saturated rings. The van der Waals surface area contributed by atoms with Crippen molar-refractivity contribution < 1.29 is 4.79 Å². The smallest absolute Gasteiger partial charge is 0.160 e. The Labute approximate surface area is 100 Å². The molecule has 2 rings (SSSR count). The first-order chi connectivity index (χ1) is 7.59. The lowest BCUT2D eigenvalue weighted by molar-refractivity contribution is -0.117. The summed E-state index contributed by atoms with van der Waals surface area (Å²) >= 11 is 1.66. The summed E-state index contributed by atoms with van der Waals surface area (Å²) in [4.78, 5) is 15.0. The molecule has 0 bridgehead atoms. The third kappa shape index (κ3) is 2.00. The summed E-state index contributed by atoms with van der Waals surface area (Å²) in [5.74, 6) is 0.243. The summed E-state index contributed by atoms with van der Waals surface area (Å²) < 4.78 is 0. The second-order valence-electron chi connectivity index (χ2n) is 4.17. The molecule has 1 aliphatic heterocycles. The highest BCUT2D eigenvalue weighted by molar-refractivity contribution is 8.03. The quantitative estimate of drug-likeness (QED) is 0.731. The number of allylic oxidation sites excluding steroid dienone is 1. The third-order valence-electron chi connectivity index (χ3n) is 2.61. The molecule has 0 radical (unpaired) electrons. The molecule has 16 heavy (non-hydrogen) atoms. The molecule has 0 saturated carbocycles. The number of nitrogens with zero attached hydrogens (tertiary/aromatic N) is 1. The van der Waals surface area contributed by atoms with E-state index in [0.29, 0.717) is 0 Å². The van der Waals surface area contributed by atoms with E-state index in [1.54, 1.807) is 17.8 Å². The van der Waals surface area contributed by atoms with Crippen LogP contribution in [0, 0.1) is 5.92 Å². The van der Waals surface area contributed by atoms with Crippen LogP contribution < -0.4 is 4.90 Å². The van der Waals surface area contributed by atoms with Crippen LogP contribution in [0.5, 0.6) is 0 Å². The normalized spacial score (nSPS) is 17.0. The van der Waals surface area contributed by atoms with Gasteiger partial charge in [-0.3, -0.25) is 4.79 Å². The highest BCUT2D eigenvalue weighted by Crippen LogP contribution is 2.44. The highest BCUT2D eigenvalue weighted by Gasteiger charge is 2.22. The number of benzene rings is 1. The monoisotopic (exact) mass is 233 g/mol. The average Bonchev–Trinajstić information content (AvgIpc) is 2.56. The van der Waals surface area contributed by atoms with Crippen molar-refractivity contribution in [3.8, 4) is 0 Å².